The molecular formula is C24H29NO2S2. The smallest absolute Gasteiger partial charge is 0.175 e. The van der Waals surface area contributed by atoms with E-state index in [4.69, 9.17) is 0 Å². The molecule has 5 heteroatoms. The van der Waals surface area contributed by atoms with Crippen LogP contribution < -0.4 is 5.32 Å². The zero-order valence-corrected chi connectivity index (χ0v) is 18.7. The van der Waals surface area contributed by atoms with Crippen molar-refractivity contribution in [3.63, 3.8) is 0 Å². The summed E-state index contributed by atoms with van der Waals surface area (Å²) in [6.07, 6.45) is 6.13. The van der Waals surface area contributed by atoms with E-state index in [1.807, 2.05) is 23.5 Å². The van der Waals surface area contributed by atoms with Crippen molar-refractivity contribution >= 4 is 31.3 Å². The van der Waals surface area contributed by atoms with E-state index in [2.05, 4.69) is 41.9 Å². The minimum Gasteiger partial charge on any atom is -0.310 e. The van der Waals surface area contributed by atoms with Gasteiger partial charge in [0.15, 0.2) is 9.84 Å². The lowest BCUT2D eigenvalue weighted by molar-refractivity contribution is 0.451. The number of hydrogen-bond acceptors (Lipinski definition) is 4. The fourth-order valence-corrected chi connectivity index (χ4v) is 6.26. The number of benzene rings is 2. The Morgan fingerprint density at radius 2 is 1.86 bits per heavy atom. The Kier molecular flexibility index (Phi) is 6.09. The molecule has 4 rings (SSSR count). The van der Waals surface area contributed by atoms with Gasteiger partial charge in [-0.15, -0.1) is 11.3 Å². The molecule has 1 aliphatic carbocycles. The number of thiophene rings is 1. The number of rotatable bonds is 7. The number of hydrogen-bond donors (Lipinski definition) is 1. The summed E-state index contributed by atoms with van der Waals surface area (Å²) < 4.78 is 24.6. The Morgan fingerprint density at radius 1 is 1.10 bits per heavy atom. The quantitative estimate of drug-likeness (QED) is 0.508. The maximum atomic E-state index is 11.6. The van der Waals surface area contributed by atoms with Crippen LogP contribution in [-0.2, 0) is 9.84 Å². The molecular weight excluding hydrogens is 398 g/mol. The lowest BCUT2D eigenvalue weighted by Crippen LogP contribution is -2.21. The Morgan fingerprint density at radius 3 is 2.62 bits per heavy atom. The van der Waals surface area contributed by atoms with E-state index in [0.29, 0.717) is 16.9 Å². The molecule has 0 saturated heterocycles. The lowest BCUT2D eigenvalue weighted by atomic mass is 9.95. The van der Waals surface area contributed by atoms with Crippen LogP contribution in [0, 0.1) is 5.92 Å². The van der Waals surface area contributed by atoms with Gasteiger partial charge in [-0.25, -0.2) is 8.42 Å². The van der Waals surface area contributed by atoms with Gasteiger partial charge < -0.3 is 5.32 Å². The van der Waals surface area contributed by atoms with Crippen molar-refractivity contribution < 1.29 is 8.42 Å². The van der Waals surface area contributed by atoms with Gasteiger partial charge in [0, 0.05) is 17.0 Å². The first-order valence-corrected chi connectivity index (χ1v) is 13.2. The molecule has 0 amide bonds. The highest BCUT2D eigenvalue weighted by Crippen LogP contribution is 2.40. The standard InChI is InChI=1S/C24H29NO2S2/c1-17(23-16-28-24-6-4-3-5-22(23)24)25-14-13-18-7-8-20(15-18)19-9-11-21(12-10-19)29(2,26)27/h3-6,9-12,16-18,20,25H,7-8,13-15H2,1-2H3. The van der Waals surface area contributed by atoms with Gasteiger partial charge in [0.1, 0.15) is 0 Å². The predicted octanol–water partition coefficient (Wildman–Crippen LogP) is 5.93. The molecule has 0 spiro atoms. The molecule has 3 aromatic rings. The fourth-order valence-electron chi connectivity index (χ4n) is 4.57. The van der Waals surface area contributed by atoms with Crippen molar-refractivity contribution in [1.29, 1.82) is 0 Å². The predicted molar refractivity (Wildman–Crippen MR) is 122 cm³/mol. The molecule has 29 heavy (non-hydrogen) atoms. The van der Waals surface area contributed by atoms with Gasteiger partial charge in [-0.3, -0.25) is 0 Å². The van der Waals surface area contributed by atoms with E-state index in [-0.39, 0.29) is 0 Å². The van der Waals surface area contributed by atoms with Crippen LogP contribution in [0.4, 0.5) is 0 Å². The molecule has 1 aliphatic rings. The number of fused-ring (bicyclic) bond motifs is 1. The minimum absolute atomic E-state index is 0.367. The van der Waals surface area contributed by atoms with Gasteiger partial charge in [-0.1, -0.05) is 30.3 Å². The third kappa shape index (κ3) is 4.73. The van der Waals surface area contributed by atoms with Crippen LogP contribution in [-0.4, -0.2) is 21.2 Å². The van der Waals surface area contributed by atoms with Gasteiger partial charge in [-0.2, -0.15) is 0 Å². The van der Waals surface area contributed by atoms with Gasteiger partial charge >= 0.3 is 0 Å². The van der Waals surface area contributed by atoms with Crippen LogP contribution in [0.15, 0.2) is 58.8 Å². The molecule has 154 valence electrons. The second-order valence-electron chi connectivity index (χ2n) is 8.37. The van der Waals surface area contributed by atoms with Crippen molar-refractivity contribution in [2.45, 2.75) is 49.5 Å². The molecule has 3 atom stereocenters. The summed E-state index contributed by atoms with van der Waals surface area (Å²) in [6.45, 7) is 3.30. The average Bonchev–Trinajstić information content (AvgIpc) is 3.34. The molecule has 1 heterocycles. The third-order valence-electron chi connectivity index (χ3n) is 6.30. The first kappa shape index (κ1) is 20.6. The summed E-state index contributed by atoms with van der Waals surface area (Å²) in [5, 5.41) is 7.38. The van der Waals surface area contributed by atoms with E-state index in [1.54, 1.807) is 12.1 Å². The highest BCUT2D eigenvalue weighted by atomic mass is 32.2. The van der Waals surface area contributed by atoms with E-state index in [9.17, 15) is 8.42 Å². The zero-order valence-electron chi connectivity index (χ0n) is 17.1. The lowest BCUT2D eigenvalue weighted by Gasteiger charge is -2.16. The normalized spacial score (nSPS) is 20.9. The molecule has 0 radical (unpaired) electrons. The Hall–Kier alpha value is -1.69. The van der Waals surface area contributed by atoms with E-state index < -0.39 is 9.84 Å². The molecule has 1 aromatic heterocycles. The van der Waals surface area contributed by atoms with Crippen LogP contribution in [0.1, 0.15) is 55.7 Å². The monoisotopic (exact) mass is 427 g/mol. The van der Waals surface area contributed by atoms with Crippen LogP contribution in [0.25, 0.3) is 10.1 Å². The van der Waals surface area contributed by atoms with Crippen molar-refractivity contribution in [3.05, 3.63) is 65.0 Å². The second kappa shape index (κ2) is 8.58. The minimum atomic E-state index is -3.11. The molecule has 3 nitrogen and oxygen atoms in total. The van der Waals surface area contributed by atoms with Crippen molar-refractivity contribution in [1.82, 2.24) is 5.32 Å². The summed E-state index contributed by atoms with van der Waals surface area (Å²) >= 11 is 1.82. The molecule has 1 saturated carbocycles. The molecule has 2 aromatic carbocycles. The van der Waals surface area contributed by atoms with Crippen LogP contribution in [0.3, 0.4) is 0 Å². The molecule has 1 N–H and O–H groups in total. The van der Waals surface area contributed by atoms with E-state index in [0.717, 1.165) is 12.5 Å². The van der Waals surface area contributed by atoms with E-state index >= 15 is 0 Å². The SMILES string of the molecule is CC(NCCC1CCC(c2ccc(S(C)(=O)=O)cc2)C1)c1csc2ccccc12. The molecule has 0 bridgehead atoms. The molecule has 3 unspecified atom stereocenters. The highest BCUT2D eigenvalue weighted by molar-refractivity contribution is 7.90. The average molecular weight is 428 g/mol. The Bertz CT molecular complexity index is 1070. The number of nitrogens with one attached hydrogen (secondary N) is 1. The largest absolute Gasteiger partial charge is 0.310 e. The maximum Gasteiger partial charge on any atom is 0.175 e. The van der Waals surface area contributed by atoms with Gasteiger partial charge in [-0.05, 0) is 91.1 Å². The van der Waals surface area contributed by atoms with Crippen molar-refractivity contribution in [2.75, 3.05) is 12.8 Å². The van der Waals surface area contributed by atoms with Crippen LogP contribution in [0.5, 0.6) is 0 Å². The van der Waals surface area contributed by atoms with Gasteiger partial charge in [0.2, 0.25) is 0 Å². The summed E-state index contributed by atoms with van der Waals surface area (Å²) in [7, 11) is -3.11. The first-order chi connectivity index (χ1) is 13.9. The highest BCUT2D eigenvalue weighted by Gasteiger charge is 2.26. The zero-order chi connectivity index (χ0) is 20.4. The van der Waals surface area contributed by atoms with Gasteiger partial charge in [0.25, 0.3) is 0 Å². The summed E-state index contributed by atoms with van der Waals surface area (Å²) in [6, 6.07) is 16.5. The molecule has 1 fully saturated rings. The van der Waals surface area contributed by atoms with Crippen LogP contribution >= 0.6 is 11.3 Å². The summed E-state index contributed by atoms with van der Waals surface area (Å²) in [5.74, 6) is 1.31. The second-order valence-corrected chi connectivity index (χ2v) is 11.3. The Balaban J connectivity index is 1.28. The topological polar surface area (TPSA) is 46.2 Å². The first-order valence-electron chi connectivity index (χ1n) is 10.4. The Labute approximate surface area is 178 Å². The van der Waals surface area contributed by atoms with Gasteiger partial charge in [0.05, 0.1) is 4.90 Å². The molecule has 0 aliphatic heterocycles. The van der Waals surface area contributed by atoms with Crippen molar-refractivity contribution in [2.24, 2.45) is 5.92 Å². The third-order valence-corrected chi connectivity index (χ3v) is 8.41. The summed E-state index contributed by atoms with van der Waals surface area (Å²) in [5.41, 5.74) is 2.69. The summed E-state index contributed by atoms with van der Waals surface area (Å²) in [4.78, 5) is 0.412. The number of sulfone groups is 1. The van der Waals surface area contributed by atoms with Crippen LogP contribution in [0.2, 0.25) is 0 Å². The fraction of sp³-hybridized carbons (Fsp3) is 0.417. The maximum absolute atomic E-state index is 11.6. The van der Waals surface area contributed by atoms with E-state index in [1.165, 1.54) is 53.2 Å². The van der Waals surface area contributed by atoms with Crippen molar-refractivity contribution in [3.8, 4) is 0 Å².